The Bertz CT molecular complexity index is 595. The molecule has 1 amide bonds. The monoisotopic (exact) mass is 338 g/mol. The number of carbonyl (C=O) groups excluding carboxylic acids is 1. The van der Waals surface area contributed by atoms with Crippen molar-refractivity contribution in [2.24, 2.45) is 0 Å². The molecule has 5 nitrogen and oxygen atoms in total. The Hall–Kier alpha value is -1.34. The van der Waals surface area contributed by atoms with E-state index in [4.69, 9.17) is 0 Å². The number of nitrogens with zero attached hydrogens (tertiary/aromatic N) is 3. The highest BCUT2D eigenvalue weighted by molar-refractivity contribution is 7.99. The lowest BCUT2D eigenvalue weighted by molar-refractivity contribution is -0.119. The third-order valence-electron chi connectivity index (χ3n) is 3.24. The van der Waals surface area contributed by atoms with Gasteiger partial charge in [0.1, 0.15) is 0 Å². The van der Waals surface area contributed by atoms with Crippen LogP contribution in [0.3, 0.4) is 0 Å². The lowest BCUT2D eigenvalue weighted by Crippen LogP contribution is -2.33. The highest BCUT2D eigenvalue weighted by atomic mass is 32.2. The van der Waals surface area contributed by atoms with Crippen molar-refractivity contribution < 1.29 is 4.79 Å². The Morgan fingerprint density at radius 2 is 2.27 bits per heavy atom. The van der Waals surface area contributed by atoms with E-state index < -0.39 is 0 Å². The van der Waals surface area contributed by atoms with Gasteiger partial charge in [0.05, 0.1) is 10.6 Å². The normalized spacial score (nSPS) is 12.3. The van der Waals surface area contributed by atoms with Crippen molar-refractivity contribution in [3.05, 3.63) is 17.5 Å². The Labute approximate surface area is 139 Å². The third-order valence-corrected chi connectivity index (χ3v) is 5.07. The van der Waals surface area contributed by atoms with E-state index in [1.54, 1.807) is 11.3 Å². The third kappa shape index (κ3) is 4.33. The van der Waals surface area contributed by atoms with Crippen LogP contribution >= 0.6 is 23.1 Å². The molecule has 2 heterocycles. The summed E-state index contributed by atoms with van der Waals surface area (Å²) >= 11 is 3.09. The Morgan fingerprint density at radius 3 is 2.91 bits per heavy atom. The van der Waals surface area contributed by atoms with E-state index in [1.165, 1.54) is 11.8 Å². The molecule has 1 N–H and O–H groups in total. The van der Waals surface area contributed by atoms with Gasteiger partial charge in [0.2, 0.25) is 5.91 Å². The number of carbonyl (C=O) groups is 1. The van der Waals surface area contributed by atoms with E-state index >= 15 is 0 Å². The second-order valence-corrected chi connectivity index (χ2v) is 6.96. The van der Waals surface area contributed by atoms with Gasteiger partial charge in [-0.25, -0.2) is 0 Å². The Kier molecular flexibility index (Phi) is 6.45. The van der Waals surface area contributed by atoms with Crippen molar-refractivity contribution in [3.63, 3.8) is 0 Å². The second kappa shape index (κ2) is 8.33. The molecular weight excluding hydrogens is 316 g/mol. The molecule has 0 saturated heterocycles. The highest BCUT2D eigenvalue weighted by Crippen LogP contribution is 2.26. The Morgan fingerprint density at radius 1 is 1.45 bits per heavy atom. The molecule has 0 spiro atoms. The molecule has 0 aliphatic heterocycles. The van der Waals surface area contributed by atoms with Gasteiger partial charge in [0.25, 0.3) is 0 Å². The number of aromatic nitrogens is 3. The van der Waals surface area contributed by atoms with Crippen LogP contribution in [0.2, 0.25) is 0 Å². The largest absolute Gasteiger partial charge is 0.353 e. The van der Waals surface area contributed by atoms with Gasteiger partial charge < -0.3 is 9.88 Å². The lowest BCUT2D eigenvalue weighted by Gasteiger charge is -2.12. The van der Waals surface area contributed by atoms with Gasteiger partial charge in [0.15, 0.2) is 11.0 Å². The molecule has 0 saturated carbocycles. The van der Waals surface area contributed by atoms with Gasteiger partial charge in [-0.2, -0.15) is 0 Å². The second-order valence-electron chi connectivity index (χ2n) is 5.07. The first-order chi connectivity index (χ1) is 10.7. The van der Waals surface area contributed by atoms with Crippen LogP contribution in [0.25, 0.3) is 10.7 Å². The Balaban J connectivity index is 1.97. The summed E-state index contributed by atoms with van der Waals surface area (Å²) in [4.78, 5) is 13.0. The molecule has 0 radical (unpaired) electrons. The first-order valence-electron chi connectivity index (χ1n) is 7.54. The average molecular weight is 339 g/mol. The summed E-state index contributed by atoms with van der Waals surface area (Å²) in [6.45, 7) is 7.01. The molecule has 2 aromatic rings. The minimum atomic E-state index is 0.0503. The standard InChI is InChI=1S/C15H22N4OS2/c1-4-7-11(3)16-13(20)10-22-15-18-17-14(19(15)5-2)12-8-6-9-21-12/h6,8-9,11H,4-5,7,10H2,1-3H3,(H,16,20)/t11-/m1/s1. The van der Waals surface area contributed by atoms with E-state index in [9.17, 15) is 4.79 Å². The van der Waals surface area contributed by atoms with Crippen LogP contribution in [0.15, 0.2) is 22.7 Å². The summed E-state index contributed by atoms with van der Waals surface area (Å²) < 4.78 is 2.05. The SMILES string of the molecule is CCC[C@@H](C)NC(=O)CSc1nnc(-c2cccs2)n1CC. The van der Waals surface area contributed by atoms with Gasteiger partial charge in [-0.1, -0.05) is 31.2 Å². The van der Waals surface area contributed by atoms with Crippen LogP contribution in [0, 0.1) is 0 Å². The van der Waals surface area contributed by atoms with Crippen molar-refractivity contribution in [2.75, 3.05) is 5.75 Å². The minimum Gasteiger partial charge on any atom is -0.353 e. The van der Waals surface area contributed by atoms with E-state index in [2.05, 4.69) is 33.9 Å². The van der Waals surface area contributed by atoms with Gasteiger partial charge in [-0.3, -0.25) is 4.79 Å². The quantitative estimate of drug-likeness (QED) is 0.749. The summed E-state index contributed by atoms with van der Waals surface area (Å²) in [6, 6.07) is 4.27. The van der Waals surface area contributed by atoms with Crippen molar-refractivity contribution in [3.8, 4) is 10.7 Å². The topological polar surface area (TPSA) is 59.8 Å². The number of hydrogen-bond acceptors (Lipinski definition) is 5. The summed E-state index contributed by atoms with van der Waals surface area (Å²) in [7, 11) is 0. The van der Waals surface area contributed by atoms with E-state index in [0.717, 1.165) is 35.2 Å². The van der Waals surface area contributed by atoms with Gasteiger partial charge >= 0.3 is 0 Å². The predicted octanol–water partition coefficient (Wildman–Crippen LogP) is 3.42. The summed E-state index contributed by atoms with van der Waals surface area (Å²) in [6.07, 6.45) is 2.08. The summed E-state index contributed by atoms with van der Waals surface area (Å²) in [5.41, 5.74) is 0. The molecule has 120 valence electrons. The van der Waals surface area contributed by atoms with Crippen LogP contribution in [-0.2, 0) is 11.3 Å². The zero-order valence-electron chi connectivity index (χ0n) is 13.2. The van der Waals surface area contributed by atoms with E-state index in [-0.39, 0.29) is 11.9 Å². The number of thiophene rings is 1. The van der Waals surface area contributed by atoms with Crippen LogP contribution in [0.5, 0.6) is 0 Å². The van der Waals surface area contributed by atoms with E-state index in [1.807, 2.05) is 24.4 Å². The molecule has 0 unspecified atom stereocenters. The fourth-order valence-electron chi connectivity index (χ4n) is 2.22. The zero-order chi connectivity index (χ0) is 15.9. The van der Waals surface area contributed by atoms with Gasteiger partial charge in [-0.05, 0) is 31.7 Å². The fourth-order valence-corrected chi connectivity index (χ4v) is 3.75. The molecule has 0 fully saturated rings. The van der Waals surface area contributed by atoms with Crippen molar-refractivity contribution in [1.29, 1.82) is 0 Å². The van der Waals surface area contributed by atoms with Crippen LogP contribution < -0.4 is 5.32 Å². The first-order valence-corrected chi connectivity index (χ1v) is 9.41. The smallest absolute Gasteiger partial charge is 0.230 e. The van der Waals surface area contributed by atoms with Crippen LogP contribution in [0.1, 0.15) is 33.6 Å². The number of rotatable bonds is 8. The van der Waals surface area contributed by atoms with Crippen LogP contribution in [-0.4, -0.2) is 32.5 Å². The summed E-state index contributed by atoms with van der Waals surface area (Å²) in [5, 5.41) is 14.3. The summed E-state index contributed by atoms with van der Waals surface area (Å²) in [5.74, 6) is 1.30. The molecule has 1 atom stereocenters. The molecule has 0 aliphatic rings. The van der Waals surface area contributed by atoms with Gasteiger partial charge in [0, 0.05) is 12.6 Å². The van der Waals surface area contributed by atoms with Crippen molar-refractivity contribution in [2.45, 2.75) is 51.4 Å². The zero-order valence-corrected chi connectivity index (χ0v) is 14.8. The molecule has 0 bridgehead atoms. The molecule has 2 aromatic heterocycles. The average Bonchev–Trinajstić information content (AvgIpc) is 3.13. The minimum absolute atomic E-state index is 0.0503. The molecular formula is C15H22N4OS2. The number of nitrogens with one attached hydrogen (secondary N) is 1. The molecule has 0 aliphatic carbocycles. The van der Waals surface area contributed by atoms with E-state index in [0.29, 0.717) is 5.75 Å². The molecule has 0 aromatic carbocycles. The molecule has 22 heavy (non-hydrogen) atoms. The lowest BCUT2D eigenvalue weighted by atomic mass is 10.2. The number of hydrogen-bond donors (Lipinski definition) is 1. The predicted molar refractivity (Wildman–Crippen MR) is 92.2 cm³/mol. The highest BCUT2D eigenvalue weighted by Gasteiger charge is 2.15. The molecule has 2 rings (SSSR count). The van der Waals surface area contributed by atoms with Crippen LogP contribution in [0.4, 0.5) is 0 Å². The van der Waals surface area contributed by atoms with Gasteiger partial charge in [-0.15, -0.1) is 21.5 Å². The number of amides is 1. The first kappa shape index (κ1) is 17.0. The number of thioether (sulfide) groups is 1. The van der Waals surface area contributed by atoms with Crippen molar-refractivity contribution >= 4 is 29.0 Å². The maximum absolute atomic E-state index is 11.9. The maximum Gasteiger partial charge on any atom is 0.230 e. The maximum atomic E-state index is 11.9. The van der Waals surface area contributed by atoms with Crippen molar-refractivity contribution in [1.82, 2.24) is 20.1 Å². The fraction of sp³-hybridized carbons (Fsp3) is 0.533. The molecule has 7 heteroatoms.